The molecular formula is C8H7N3O2. The molecule has 66 valence electrons. The summed E-state index contributed by atoms with van der Waals surface area (Å²) < 4.78 is 4.67. The molecule has 0 atom stereocenters. The Hall–Kier alpha value is -2.04. The first-order chi connectivity index (χ1) is 6.25. The number of hydrogen-bond donors (Lipinski definition) is 2. The topological polar surface area (TPSA) is 84.9 Å². The summed E-state index contributed by atoms with van der Waals surface area (Å²) in [6.07, 6.45) is 1.54. The Balaban J connectivity index is 2.52. The van der Waals surface area contributed by atoms with E-state index in [9.17, 15) is 4.79 Å². The average molecular weight is 177 g/mol. The second-order valence-corrected chi connectivity index (χ2v) is 2.56. The molecule has 2 aromatic rings. The molecule has 0 amide bonds. The third-order valence-electron chi connectivity index (χ3n) is 1.60. The van der Waals surface area contributed by atoms with Crippen molar-refractivity contribution in [3.63, 3.8) is 0 Å². The van der Waals surface area contributed by atoms with Crippen molar-refractivity contribution in [2.75, 3.05) is 5.73 Å². The van der Waals surface area contributed by atoms with Gasteiger partial charge in [0, 0.05) is 23.9 Å². The molecule has 0 saturated heterocycles. The van der Waals surface area contributed by atoms with Crippen LogP contribution in [-0.4, -0.2) is 10.1 Å². The zero-order chi connectivity index (χ0) is 9.26. The summed E-state index contributed by atoms with van der Waals surface area (Å²) in [5.41, 5.74) is 6.40. The molecule has 5 heteroatoms. The third kappa shape index (κ3) is 1.44. The van der Waals surface area contributed by atoms with Gasteiger partial charge in [-0.15, -0.1) is 0 Å². The monoisotopic (exact) mass is 177 g/mol. The van der Waals surface area contributed by atoms with Gasteiger partial charge in [0.05, 0.1) is 0 Å². The molecule has 3 N–H and O–H groups in total. The lowest BCUT2D eigenvalue weighted by Gasteiger charge is -1.90. The second-order valence-electron chi connectivity index (χ2n) is 2.56. The molecule has 2 rings (SSSR count). The van der Waals surface area contributed by atoms with Gasteiger partial charge in [-0.2, -0.15) is 0 Å². The number of rotatable bonds is 1. The minimum absolute atomic E-state index is 0.181. The van der Waals surface area contributed by atoms with Crippen LogP contribution < -0.4 is 11.3 Å². The van der Waals surface area contributed by atoms with Crippen LogP contribution in [0, 0.1) is 0 Å². The second kappa shape index (κ2) is 2.78. The molecule has 0 spiro atoms. The molecule has 5 nitrogen and oxygen atoms in total. The van der Waals surface area contributed by atoms with E-state index in [1.165, 1.54) is 6.07 Å². The summed E-state index contributed by atoms with van der Waals surface area (Å²) in [4.78, 5) is 13.4. The van der Waals surface area contributed by atoms with Crippen molar-refractivity contribution in [3.8, 4) is 11.3 Å². The lowest BCUT2D eigenvalue weighted by Crippen LogP contribution is -2.01. The van der Waals surface area contributed by atoms with E-state index in [1.807, 2.05) is 0 Å². The van der Waals surface area contributed by atoms with Crippen LogP contribution in [0.25, 0.3) is 11.3 Å². The van der Waals surface area contributed by atoms with E-state index >= 15 is 0 Å². The van der Waals surface area contributed by atoms with Gasteiger partial charge in [0.25, 0.3) is 0 Å². The summed E-state index contributed by atoms with van der Waals surface area (Å²) in [6, 6.07) is 4.71. The molecule has 2 aromatic heterocycles. The molecule has 0 aliphatic rings. The van der Waals surface area contributed by atoms with Gasteiger partial charge in [0.1, 0.15) is 5.69 Å². The van der Waals surface area contributed by atoms with Crippen LogP contribution >= 0.6 is 0 Å². The molecule has 0 aromatic carbocycles. The number of nitrogen functional groups attached to an aromatic ring is 1. The van der Waals surface area contributed by atoms with Crippen molar-refractivity contribution in [3.05, 3.63) is 34.7 Å². The number of nitrogens with two attached hydrogens (primary N) is 1. The van der Waals surface area contributed by atoms with Crippen molar-refractivity contribution in [1.29, 1.82) is 0 Å². The van der Waals surface area contributed by atoms with E-state index < -0.39 is 0 Å². The Kier molecular flexibility index (Phi) is 1.63. The van der Waals surface area contributed by atoms with E-state index in [0.29, 0.717) is 11.3 Å². The van der Waals surface area contributed by atoms with Gasteiger partial charge in [-0.1, -0.05) is 5.16 Å². The SMILES string of the molecule is Nc1cc(-c2cc[nH]c(=O)c2)no1. The zero-order valence-corrected chi connectivity index (χ0v) is 6.65. The molecule has 2 heterocycles. The molecule has 0 aliphatic carbocycles. The van der Waals surface area contributed by atoms with Crippen LogP contribution in [0.1, 0.15) is 0 Å². The summed E-state index contributed by atoms with van der Waals surface area (Å²) in [5.74, 6) is 0.232. The van der Waals surface area contributed by atoms with Gasteiger partial charge in [-0.05, 0) is 6.07 Å². The van der Waals surface area contributed by atoms with E-state index in [2.05, 4.69) is 14.7 Å². The smallest absolute Gasteiger partial charge is 0.248 e. The largest absolute Gasteiger partial charge is 0.368 e. The predicted molar refractivity (Wildman–Crippen MR) is 47.0 cm³/mol. The Morgan fingerprint density at radius 3 is 2.92 bits per heavy atom. The fourth-order valence-electron chi connectivity index (χ4n) is 1.03. The van der Waals surface area contributed by atoms with Crippen molar-refractivity contribution >= 4 is 5.88 Å². The van der Waals surface area contributed by atoms with Crippen LogP contribution in [0.5, 0.6) is 0 Å². The minimum atomic E-state index is -0.181. The first kappa shape index (κ1) is 7.60. The maximum atomic E-state index is 10.9. The number of anilines is 1. The first-order valence-corrected chi connectivity index (χ1v) is 3.67. The van der Waals surface area contributed by atoms with Crippen LogP contribution in [0.15, 0.2) is 33.7 Å². The molecule has 0 fully saturated rings. The molecule has 0 radical (unpaired) electrons. The quantitative estimate of drug-likeness (QED) is 0.668. The van der Waals surface area contributed by atoms with Crippen LogP contribution in [0.3, 0.4) is 0 Å². The van der Waals surface area contributed by atoms with Crippen LogP contribution in [-0.2, 0) is 0 Å². The lowest BCUT2D eigenvalue weighted by atomic mass is 10.2. The number of aromatic nitrogens is 2. The molecule has 0 aliphatic heterocycles. The van der Waals surface area contributed by atoms with Crippen LogP contribution in [0.4, 0.5) is 5.88 Å². The van der Waals surface area contributed by atoms with Gasteiger partial charge in [-0.25, -0.2) is 0 Å². The summed E-state index contributed by atoms with van der Waals surface area (Å²) >= 11 is 0. The highest BCUT2D eigenvalue weighted by atomic mass is 16.5. The first-order valence-electron chi connectivity index (χ1n) is 3.67. The van der Waals surface area contributed by atoms with Gasteiger partial charge in [0.2, 0.25) is 11.4 Å². The summed E-state index contributed by atoms with van der Waals surface area (Å²) in [7, 11) is 0. The highest BCUT2D eigenvalue weighted by Crippen LogP contribution is 2.17. The third-order valence-corrected chi connectivity index (χ3v) is 1.60. The summed E-state index contributed by atoms with van der Waals surface area (Å²) in [6.45, 7) is 0. The van der Waals surface area contributed by atoms with Gasteiger partial charge in [-0.3, -0.25) is 4.79 Å². The number of aromatic amines is 1. The van der Waals surface area contributed by atoms with E-state index in [1.54, 1.807) is 18.3 Å². The normalized spacial score (nSPS) is 10.2. The van der Waals surface area contributed by atoms with E-state index in [4.69, 9.17) is 5.73 Å². The van der Waals surface area contributed by atoms with Gasteiger partial charge < -0.3 is 15.2 Å². The number of hydrogen-bond acceptors (Lipinski definition) is 4. The van der Waals surface area contributed by atoms with E-state index in [0.717, 1.165) is 0 Å². The van der Waals surface area contributed by atoms with Crippen molar-refractivity contribution in [2.45, 2.75) is 0 Å². The number of nitrogens with one attached hydrogen (secondary N) is 1. The standard InChI is InChI=1S/C8H7N3O2/c9-7-4-6(11-13-7)5-1-2-10-8(12)3-5/h1-4H,9H2,(H,10,12). The van der Waals surface area contributed by atoms with Gasteiger partial charge in [0.15, 0.2) is 0 Å². The lowest BCUT2D eigenvalue weighted by molar-refractivity contribution is 0.439. The molecule has 13 heavy (non-hydrogen) atoms. The van der Waals surface area contributed by atoms with E-state index in [-0.39, 0.29) is 11.4 Å². The maximum Gasteiger partial charge on any atom is 0.248 e. The molecule has 0 bridgehead atoms. The number of nitrogens with zero attached hydrogens (tertiary/aromatic N) is 1. The van der Waals surface area contributed by atoms with Crippen molar-refractivity contribution < 1.29 is 4.52 Å². The predicted octanol–water partition coefficient (Wildman–Crippen LogP) is 0.612. The Morgan fingerprint density at radius 1 is 1.46 bits per heavy atom. The van der Waals surface area contributed by atoms with Gasteiger partial charge >= 0.3 is 0 Å². The molecular weight excluding hydrogens is 170 g/mol. The molecule has 0 unspecified atom stereocenters. The number of pyridine rings is 1. The fraction of sp³-hybridized carbons (Fsp3) is 0. The highest BCUT2D eigenvalue weighted by Gasteiger charge is 2.03. The Labute approximate surface area is 73.2 Å². The summed E-state index contributed by atoms with van der Waals surface area (Å²) in [5, 5.41) is 3.67. The molecule has 0 saturated carbocycles. The zero-order valence-electron chi connectivity index (χ0n) is 6.65. The van der Waals surface area contributed by atoms with Crippen molar-refractivity contribution in [2.24, 2.45) is 0 Å². The maximum absolute atomic E-state index is 10.9. The average Bonchev–Trinajstić information content (AvgIpc) is 2.52. The Bertz CT molecular complexity index is 472. The van der Waals surface area contributed by atoms with Crippen molar-refractivity contribution in [1.82, 2.24) is 10.1 Å². The fourth-order valence-corrected chi connectivity index (χ4v) is 1.03. The van der Waals surface area contributed by atoms with Crippen LogP contribution in [0.2, 0.25) is 0 Å². The Morgan fingerprint density at radius 2 is 2.31 bits per heavy atom. The number of H-pyrrole nitrogens is 1. The highest BCUT2D eigenvalue weighted by molar-refractivity contribution is 5.59. The minimum Gasteiger partial charge on any atom is -0.368 e.